The summed E-state index contributed by atoms with van der Waals surface area (Å²) in [4.78, 5) is 10.8. The molecule has 0 bridgehead atoms. The highest BCUT2D eigenvalue weighted by molar-refractivity contribution is 6.30. The van der Waals surface area contributed by atoms with E-state index in [-0.39, 0.29) is 5.02 Å². The van der Waals surface area contributed by atoms with E-state index in [0.717, 1.165) is 6.07 Å². The Kier molecular flexibility index (Phi) is 3.31. The lowest BCUT2D eigenvalue weighted by atomic mass is 9.96. The fraction of sp³-hybridized carbons (Fsp3) is 0.200. The maximum Gasteiger partial charge on any atom is 0.249 e. The summed E-state index contributed by atoms with van der Waals surface area (Å²) in [6, 6.07) is 3.83. The zero-order valence-electron chi connectivity index (χ0n) is 8.00. The van der Waals surface area contributed by atoms with Gasteiger partial charge in [-0.25, -0.2) is 4.39 Å². The predicted octanol–water partition coefficient (Wildman–Crippen LogP) is 1.27. The van der Waals surface area contributed by atoms with Gasteiger partial charge in [-0.15, -0.1) is 0 Å². The molecule has 0 aliphatic rings. The largest absolute Gasteiger partial charge is 0.380 e. The molecule has 1 amide bonds. The van der Waals surface area contributed by atoms with Crippen LogP contribution in [0.4, 0.5) is 4.39 Å². The van der Waals surface area contributed by atoms with Crippen LogP contribution in [0, 0.1) is 12.2 Å². The number of hydrogen-bond acceptors (Lipinski definition) is 2. The molecule has 1 atom stereocenters. The molecule has 0 aromatic heterocycles. The van der Waals surface area contributed by atoms with Gasteiger partial charge >= 0.3 is 0 Å². The number of rotatable bonds is 3. The molecule has 0 spiro atoms. The van der Waals surface area contributed by atoms with Gasteiger partial charge in [-0.2, -0.15) is 0 Å². The van der Waals surface area contributed by atoms with Crippen molar-refractivity contribution in [3.63, 3.8) is 0 Å². The quantitative estimate of drug-likeness (QED) is 0.821. The van der Waals surface area contributed by atoms with Gasteiger partial charge in [0.1, 0.15) is 11.4 Å². The maximum atomic E-state index is 12.8. The SMILES string of the molecule is CC(O)([CH]c1ccc(F)c(Cl)c1)C(N)=O. The summed E-state index contributed by atoms with van der Waals surface area (Å²) in [5, 5.41) is 9.46. The standard InChI is InChI=1S/C10H10ClFNO2/c1-10(15,9(13)14)5-6-2-3-8(12)7(11)4-6/h2-5,15H,1H3,(H2,13,14). The molecule has 1 unspecified atom stereocenters. The summed E-state index contributed by atoms with van der Waals surface area (Å²) in [7, 11) is 0. The molecule has 0 saturated heterocycles. The highest BCUT2D eigenvalue weighted by atomic mass is 35.5. The molecule has 3 nitrogen and oxygen atoms in total. The monoisotopic (exact) mass is 230 g/mol. The third kappa shape index (κ3) is 2.91. The van der Waals surface area contributed by atoms with Crippen LogP contribution in [0.15, 0.2) is 18.2 Å². The summed E-state index contributed by atoms with van der Waals surface area (Å²) in [6.45, 7) is 1.24. The Labute approximate surface area is 91.7 Å². The van der Waals surface area contributed by atoms with Gasteiger partial charge in [-0.1, -0.05) is 17.7 Å². The van der Waals surface area contributed by atoms with E-state index < -0.39 is 17.3 Å². The number of halogens is 2. The van der Waals surface area contributed by atoms with Crippen LogP contribution < -0.4 is 5.73 Å². The van der Waals surface area contributed by atoms with Crippen LogP contribution in [0.1, 0.15) is 12.5 Å². The third-order valence-corrected chi connectivity index (χ3v) is 2.18. The van der Waals surface area contributed by atoms with Gasteiger partial charge in [-0.05, 0) is 24.6 Å². The van der Waals surface area contributed by atoms with Crippen LogP contribution in [-0.4, -0.2) is 16.6 Å². The van der Waals surface area contributed by atoms with E-state index in [9.17, 15) is 14.3 Å². The number of amides is 1. The van der Waals surface area contributed by atoms with Gasteiger partial charge in [-0.3, -0.25) is 4.79 Å². The van der Waals surface area contributed by atoms with E-state index in [4.69, 9.17) is 17.3 Å². The van der Waals surface area contributed by atoms with Gasteiger partial charge in [0, 0.05) is 6.42 Å². The van der Waals surface area contributed by atoms with Crippen LogP contribution in [0.2, 0.25) is 5.02 Å². The van der Waals surface area contributed by atoms with Crippen molar-refractivity contribution in [3.05, 3.63) is 41.0 Å². The Morgan fingerprint density at radius 3 is 2.73 bits per heavy atom. The number of hydrogen-bond donors (Lipinski definition) is 2. The zero-order chi connectivity index (χ0) is 11.6. The first-order valence-corrected chi connectivity index (χ1v) is 4.54. The number of benzene rings is 1. The third-order valence-electron chi connectivity index (χ3n) is 1.89. The van der Waals surface area contributed by atoms with Gasteiger partial charge in [0.25, 0.3) is 0 Å². The van der Waals surface area contributed by atoms with Crippen molar-refractivity contribution in [3.8, 4) is 0 Å². The van der Waals surface area contributed by atoms with Crippen LogP contribution in [0.3, 0.4) is 0 Å². The second-order valence-electron chi connectivity index (χ2n) is 3.33. The number of aliphatic hydroxyl groups is 1. The number of carbonyl (C=O) groups is 1. The lowest BCUT2D eigenvalue weighted by molar-refractivity contribution is -0.131. The van der Waals surface area contributed by atoms with E-state index in [0.29, 0.717) is 5.56 Å². The first kappa shape index (κ1) is 11.9. The van der Waals surface area contributed by atoms with E-state index in [1.54, 1.807) is 0 Å². The minimum atomic E-state index is -1.78. The Morgan fingerprint density at radius 2 is 2.27 bits per heavy atom. The summed E-state index contributed by atoms with van der Waals surface area (Å²) >= 11 is 5.53. The Morgan fingerprint density at radius 1 is 1.67 bits per heavy atom. The second-order valence-corrected chi connectivity index (χ2v) is 3.74. The fourth-order valence-corrected chi connectivity index (χ4v) is 1.19. The van der Waals surface area contributed by atoms with Gasteiger partial charge in [0.05, 0.1) is 5.02 Å². The normalized spacial score (nSPS) is 14.7. The first-order valence-electron chi connectivity index (χ1n) is 4.16. The molecule has 1 radical (unpaired) electrons. The average Bonchev–Trinajstić information content (AvgIpc) is 2.10. The molecule has 0 fully saturated rings. The summed E-state index contributed by atoms with van der Waals surface area (Å²) in [6.07, 6.45) is 1.21. The van der Waals surface area contributed by atoms with Crippen LogP contribution in [0.25, 0.3) is 0 Å². The minimum Gasteiger partial charge on any atom is -0.380 e. The molecule has 3 N–H and O–H groups in total. The summed E-state index contributed by atoms with van der Waals surface area (Å²) in [5.74, 6) is -1.45. The van der Waals surface area contributed by atoms with Crippen molar-refractivity contribution in [2.75, 3.05) is 0 Å². The molecular formula is C10H10ClFNO2. The molecule has 5 heteroatoms. The molecule has 0 saturated carbocycles. The predicted molar refractivity (Wildman–Crippen MR) is 54.6 cm³/mol. The van der Waals surface area contributed by atoms with Crippen molar-refractivity contribution >= 4 is 17.5 Å². The highest BCUT2D eigenvalue weighted by Gasteiger charge is 2.28. The van der Waals surface area contributed by atoms with Crippen molar-refractivity contribution in [2.45, 2.75) is 12.5 Å². The Balaban J connectivity index is 2.91. The van der Waals surface area contributed by atoms with E-state index in [2.05, 4.69) is 0 Å². The van der Waals surface area contributed by atoms with Crippen LogP contribution in [-0.2, 0) is 4.79 Å². The molecule has 81 valence electrons. The highest BCUT2D eigenvalue weighted by Crippen LogP contribution is 2.21. The molecule has 15 heavy (non-hydrogen) atoms. The minimum absolute atomic E-state index is 0.0796. The molecule has 1 aromatic rings. The average molecular weight is 231 g/mol. The zero-order valence-corrected chi connectivity index (χ0v) is 8.75. The molecule has 0 aliphatic heterocycles. The first-order chi connectivity index (χ1) is 6.83. The van der Waals surface area contributed by atoms with E-state index in [1.165, 1.54) is 25.5 Å². The van der Waals surface area contributed by atoms with Gasteiger partial charge in [0.15, 0.2) is 0 Å². The van der Waals surface area contributed by atoms with Crippen molar-refractivity contribution in [2.24, 2.45) is 5.73 Å². The molecule has 1 rings (SSSR count). The lowest BCUT2D eigenvalue weighted by Gasteiger charge is -2.18. The summed E-state index contributed by atoms with van der Waals surface area (Å²) in [5.41, 5.74) is 3.60. The Hall–Kier alpha value is -1.13. The number of primary amides is 1. The van der Waals surface area contributed by atoms with E-state index in [1.807, 2.05) is 0 Å². The lowest BCUT2D eigenvalue weighted by Crippen LogP contribution is -2.41. The maximum absolute atomic E-state index is 12.8. The number of nitrogens with two attached hydrogens (primary N) is 1. The van der Waals surface area contributed by atoms with Crippen molar-refractivity contribution < 1.29 is 14.3 Å². The van der Waals surface area contributed by atoms with Gasteiger partial charge < -0.3 is 10.8 Å². The molecule has 0 heterocycles. The van der Waals surface area contributed by atoms with Gasteiger partial charge in [0.2, 0.25) is 5.91 Å². The number of carbonyl (C=O) groups excluding carboxylic acids is 1. The summed E-state index contributed by atoms with van der Waals surface area (Å²) < 4.78 is 12.8. The second kappa shape index (κ2) is 4.16. The fourth-order valence-electron chi connectivity index (χ4n) is 0.998. The van der Waals surface area contributed by atoms with Crippen LogP contribution in [0.5, 0.6) is 0 Å². The van der Waals surface area contributed by atoms with E-state index >= 15 is 0 Å². The van der Waals surface area contributed by atoms with Crippen molar-refractivity contribution in [1.29, 1.82) is 0 Å². The van der Waals surface area contributed by atoms with Crippen molar-refractivity contribution in [1.82, 2.24) is 0 Å². The molecule has 1 aromatic carbocycles. The Bertz CT molecular complexity index is 393. The molecule has 0 aliphatic carbocycles. The van der Waals surface area contributed by atoms with Crippen LogP contribution >= 0.6 is 11.6 Å². The molecular weight excluding hydrogens is 221 g/mol. The smallest absolute Gasteiger partial charge is 0.249 e. The topological polar surface area (TPSA) is 63.3 Å².